The van der Waals surface area contributed by atoms with Gasteiger partial charge in [0, 0.05) is 12.4 Å². The molecule has 0 atom stereocenters. The van der Waals surface area contributed by atoms with Gasteiger partial charge in [0.05, 0.1) is 13.2 Å². The Kier molecular flexibility index (Phi) is 5.47. The van der Waals surface area contributed by atoms with Crippen LogP contribution in [0.4, 0.5) is 0 Å². The Hall–Kier alpha value is -1.97. The van der Waals surface area contributed by atoms with E-state index in [0.717, 1.165) is 24.3 Å². The quantitative estimate of drug-likeness (QED) is 0.751. The highest BCUT2D eigenvalue weighted by Crippen LogP contribution is 2.13. The van der Waals surface area contributed by atoms with Crippen molar-refractivity contribution in [2.24, 2.45) is 0 Å². The number of benzene rings is 1. The van der Waals surface area contributed by atoms with Crippen LogP contribution in [0.5, 0.6) is 5.75 Å². The van der Waals surface area contributed by atoms with E-state index in [1.165, 1.54) is 19.3 Å². The summed E-state index contributed by atoms with van der Waals surface area (Å²) in [6.45, 7) is 3.56. The molecule has 0 bridgehead atoms. The van der Waals surface area contributed by atoms with Gasteiger partial charge in [0.15, 0.2) is 0 Å². The molecule has 0 saturated carbocycles. The van der Waals surface area contributed by atoms with E-state index in [1.54, 1.807) is 17.0 Å². The van der Waals surface area contributed by atoms with Gasteiger partial charge in [0.2, 0.25) is 0 Å². The third-order valence-corrected chi connectivity index (χ3v) is 3.27. The van der Waals surface area contributed by atoms with E-state index in [9.17, 15) is 4.79 Å². The fraction of sp³-hybridized carbons (Fsp3) is 0.438. The molecule has 0 radical (unpaired) electrons. The van der Waals surface area contributed by atoms with Crippen LogP contribution in [0.15, 0.2) is 41.5 Å². The van der Waals surface area contributed by atoms with E-state index in [2.05, 4.69) is 11.9 Å². The van der Waals surface area contributed by atoms with Crippen LogP contribution in [-0.2, 0) is 6.54 Å². The number of H-pyrrole nitrogens is 1. The van der Waals surface area contributed by atoms with Gasteiger partial charge in [-0.3, -0.25) is 4.57 Å². The highest BCUT2D eigenvalue weighted by Gasteiger charge is 1.99. The molecule has 2 aromatic rings. The van der Waals surface area contributed by atoms with E-state index in [1.807, 2.05) is 24.3 Å². The Morgan fingerprint density at radius 3 is 2.60 bits per heavy atom. The number of aromatic amines is 1. The average Bonchev–Trinajstić information content (AvgIpc) is 2.86. The van der Waals surface area contributed by atoms with Crippen LogP contribution in [0.25, 0.3) is 0 Å². The third kappa shape index (κ3) is 4.30. The molecule has 20 heavy (non-hydrogen) atoms. The van der Waals surface area contributed by atoms with E-state index >= 15 is 0 Å². The summed E-state index contributed by atoms with van der Waals surface area (Å²) in [5, 5.41) is 0. The number of nitrogens with zero attached hydrogens (tertiary/aromatic N) is 1. The molecule has 108 valence electrons. The van der Waals surface area contributed by atoms with E-state index in [0.29, 0.717) is 6.54 Å². The van der Waals surface area contributed by atoms with Gasteiger partial charge in [-0.2, -0.15) is 0 Å². The molecule has 1 aromatic heterocycles. The van der Waals surface area contributed by atoms with Crippen molar-refractivity contribution in [3.8, 4) is 5.75 Å². The highest BCUT2D eigenvalue weighted by molar-refractivity contribution is 5.27. The fourth-order valence-electron chi connectivity index (χ4n) is 2.08. The average molecular weight is 274 g/mol. The second kappa shape index (κ2) is 7.58. The lowest BCUT2D eigenvalue weighted by Crippen LogP contribution is -2.16. The maximum absolute atomic E-state index is 11.4. The summed E-state index contributed by atoms with van der Waals surface area (Å²) < 4.78 is 7.33. The monoisotopic (exact) mass is 274 g/mol. The number of rotatable bonds is 8. The van der Waals surface area contributed by atoms with Crippen molar-refractivity contribution in [3.63, 3.8) is 0 Å². The van der Waals surface area contributed by atoms with Crippen molar-refractivity contribution in [3.05, 3.63) is 52.7 Å². The molecule has 0 aliphatic carbocycles. The van der Waals surface area contributed by atoms with Crippen LogP contribution in [0.1, 0.15) is 38.2 Å². The number of ether oxygens (including phenoxy) is 1. The maximum atomic E-state index is 11.4. The summed E-state index contributed by atoms with van der Waals surface area (Å²) in [6, 6.07) is 7.93. The lowest BCUT2D eigenvalue weighted by Gasteiger charge is -2.07. The summed E-state index contributed by atoms with van der Waals surface area (Å²) in [5.74, 6) is 0.895. The van der Waals surface area contributed by atoms with Crippen molar-refractivity contribution in [2.75, 3.05) is 6.61 Å². The SMILES string of the molecule is CCCCCCOc1ccc(Cn2cc[nH]c2=O)cc1. The number of unbranched alkanes of at least 4 members (excludes halogenated alkanes) is 3. The molecule has 2 rings (SSSR count). The number of nitrogens with one attached hydrogen (secondary N) is 1. The standard InChI is InChI=1S/C16H22N2O2/c1-2-3-4-5-12-20-15-8-6-14(7-9-15)13-18-11-10-17-16(18)19/h6-11H,2-5,12-13H2,1H3,(H,17,19). The normalized spacial score (nSPS) is 10.7. The molecule has 1 N–H and O–H groups in total. The maximum Gasteiger partial charge on any atom is 0.325 e. The third-order valence-electron chi connectivity index (χ3n) is 3.27. The molecule has 0 unspecified atom stereocenters. The molecule has 0 spiro atoms. The van der Waals surface area contributed by atoms with Crippen LogP contribution in [0.3, 0.4) is 0 Å². The lowest BCUT2D eigenvalue weighted by molar-refractivity contribution is 0.305. The molecule has 0 amide bonds. The van der Waals surface area contributed by atoms with Crippen LogP contribution in [-0.4, -0.2) is 16.2 Å². The van der Waals surface area contributed by atoms with Gasteiger partial charge in [0.1, 0.15) is 5.75 Å². The first-order valence-corrected chi connectivity index (χ1v) is 7.25. The lowest BCUT2D eigenvalue weighted by atomic mass is 10.2. The fourth-order valence-corrected chi connectivity index (χ4v) is 2.08. The van der Waals surface area contributed by atoms with Gasteiger partial charge in [0.25, 0.3) is 0 Å². The van der Waals surface area contributed by atoms with Crippen molar-refractivity contribution in [1.82, 2.24) is 9.55 Å². The minimum absolute atomic E-state index is 0.0822. The van der Waals surface area contributed by atoms with E-state index in [4.69, 9.17) is 4.74 Å². The molecule has 4 heteroatoms. The Morgan fingerprint density at radius 1 is 1.15 bits per heavy atom. The highest BCUT2D eigenvalue weighted by atomic mass is 16.5. The second-order valence-corrected chi connectivity index (χ2v) is 4.95. The Balaban J connectivity index is 1.81. The number of imidazole rings is 1. The second-order valence-electron chi connectivity index (χ2n) is 4.95. The predicted octanol–water partition coefficient (Wildman–Crippen LogP) is 3.18. The molecule has 0 aliphatic heterocycles. The largest absolute Gasteiger partial charge is 0.494 e. The van der Waals surface area contributed by atoms with E-state index in [-0.39, 0.29) is 5.69 Å². The zero-order chi connectivity index (χ0) is 14.2. The zero-order valence-electron chi connectivity index (χ0n) is 12.0. The van der Waals surface area contributed by atoms with Crippen LogP contribution >= 0.6 is 0 Å². The first-order chi connectivity index (χ1) is 9.79. The number of hydrogen-bond donors (Lipinski definition) is 1. The van der Waals surface area contributed by atoms with Gasteiger partial charge in [-0.15, -0.1) is 0 Å². The van der Waals surface area contributed by atoms with Gasteiger partial charge >= 0.3 is 5.69 Å². The smallest absolute Gasteiger partial charge is 0.325 e. The molecular formula is C16H22N2O2. The Labute approximate surface area is 119 Å². The Bertz CT molecular complexity index is 554. The van der Waals surface area contributed by atoms with Crippen molar-refractivity contribution in [1.29, 1.82) is 0 Å². The minimum atomic E-state index is -0.0822. The molecule has 0 aliphatic rings. The molecule has 0 saturated heterocycles. The van der Waals surface area contributed by atoms with Gasteiger partial charge < -0.3 is 9.72 Å². The molecule has 0 fully saturated rings. The van der Waals surface area contributed by atoms with Gasteiger partial charge in [-0.05, 0) is 24.1 Å². The topological polar surface area (TPSA) is 47.0 Å². The number of aromatic nitrogens is 2. The van der Waals surface area contributed by atoms with Crippen molar-refractivity contribution in [2.45, 2.75) is 39.2 Å². The summed E-state index contributed by atoms with van der Waals surface area (Å²) in [5.41, 5.74) is 1.01. The number of hydrogen-bond acceptors (Lipinski definition) is 2. The molecule has 4 nitrogen and oxygen atoms in total. The summed E-state index contributed by atoms with van der Waals surface area (Å²) in [7, 11) is 0. The summed E-state index contributed by atoms with van der Waals surface area (Å²) in [6.07, 6.45) is 8.25. The van der Waals surface area contributed by atoms with E-state index < -0.39 is 0 Å². The first-order valence-electron chi connectivity index (χ1n) is 7.25. The predicted molar refractivity (Wildman–Crippen MR) is 80.2 cm³/mol. The van der Waals surface area contributed by atoms with Crippen molar-refractivity contribution >= 4 is 0 Å². The van der Waals surface area contributed by atoms with Crippen LogP contribution in [0.2, 0.25) is 0 Å². The van der Waals surface area contributed by atoms with Crippen LogP contribution in [0, 0.1) is 0 Å². The van der Waals surface area contributed by atoms with Gasteiger partial charge in [-0.1, -0.05) is 38.3 Å². The summed E-state index contributed by atoms with van der Waals surface area (Å²) in [4.78, 5) is 14.0. The van der Waals surface area contributed by atoms with Crippen LogP contribution < -0.4 is 10.4 Å². The minimum Gasteiger partial charge on any atom is -0.494 e. The summed E-state index contributed by atoms with van der Waals surface area (Å²) >= 11 is 0. The van der Waals surface area contributed by atoms with Gasteiger partial charge in [-0.25, -0.2) is 4.79 Å². The zero-order valence-corrected chi connectivity index (χ0v) is 12.0. The molecule has 1 heterocycles. The van der Waals surface area contributed by atoms with Crippen molar-refractivity contribution < 1.29 is 4.74 Å². The first kappa shape index (κ1) is 14.4. The molecule has 1 aromatic carbocycles. The Morgan fingerprint density at radius 2 is 1.95 bits per heavy atom. The molecular weight excluding hydrogens is 252 g/mol.